The minimum absolute atomic E-state index is 0.179. The topological polar surface area (TPSA) is 44.1 Å². The summed E-state index contributed by atoms with van der Waals surface area (Å²) in [6, 6.07) is 15.1. The molecule has 0 spiro atoms. The minimum atomic E-state index is -0.179. The molecule has 22 heavy (non-hydrogen) atoms. The maximum absolute atomic E-state index is 12.5. The van der Waals surface area contributed by atoms with Gasteiger partial charge in [-0.05, 0) is 36.8 Å². The third-order valence-corrected chi connectivity index (χ3v) is 3.33. The second-order valence-electron chi connectivity index (χ2n) is 5.03. The monoisotopic (exact) mass is 292 g/mol. The fourth-order valence-corrected chi connectivity index (χ4v) is 2.26. The van der Waals surface area contributed by atoms with Crippen molar-refractivity contribution in [1.82, 2.24) is 9.55 Å². The van der Waals surface area contributed by atoms with Crippen LogP contribution in [-0.2, 0) is 6.61 Å². The zero-order valence-corrected chi connectivity index (χ0v) is 12.3. The lowest BCUT2D eigenvalue weighted by Crippen LogP contribution is -2.19. The van der Waals surface area contributed by atoms with Crippen molar-refractivity contribution in [3.8, 4) is 11.4 Å². The van der Waals surface area contributed by atoms with Gasteiger partial charge in [0.1, 0.15) is 6.61 Å². The number of benzene rings is 1. The maximum atomic E-state index is 12.5. The summed E-state index contributed by atoms with van der Waals surface area (Å²) in [5.74, 6) is 0.334. The van der Waals surface area contributed by atoms with E-state index in [-0.39, 0.29) is 5.56 Å². The van der Waals surface area contributed by atoms with E-state index in [1.807, 2.05) is 31.2 Å². The second kappa shape index (κ2) is 6.26. The van der Waals surface area contributed by atoms with E-state index in [0.717, 1.165) is 11.3 Å². The normalized spacial score (nSPS) is 10.4. The van der Waals surface area contributed by atoms with E-state index in [9.17, 15) is 4.79 Å². The number of hydrogen-bond acceptors (Lipinski definition) is 3. The number of ether oxygens (including phenoxy) is 1. The molecule has 2 heterocycles. The predicted octanol–water partition coefficient (Wildman–Crippen LogP) is 3.12. The Hall–Kier alpha value is -2.88. The molecule has 0 radical (unpaired) electrons. The molecule has 0 saturated carbocycles. The van der Waals surface area contributed by atoms with Gasteiger partial charge in [0.25, 0.3) is 5.56 Å². The molecule has 110 valence electrons. The predicted molar refractivity (Wildman–Crippen MR) is 85.3 cm³/mol. The van der Waals surface area contributed by atoms with Crippen LogP contribution in [0.2, 0.25) is 0 Å². The number of nitrogens with zero attached hydrogens (tertiary/aromatic N) is 2. The van der Waals surface area contributed by atoms with Crippen LogP contribution in [0.5, 0.6) is 5.75 Å². The molecule has 0 atom stereocenters. The molecule has 0 amide bonds. The van der Waals surface area contributed by atoms with E-state index in [0.29, 0.717) is 12.4 Å². The number of hydrogen-bond donors (Lipinski definition) is 0. The van der Waals surface area contributed by atoms with Gasteiger partial charge in [0.15, 0.2) is 5.75 Å². The Bertz CT molecular complexity index is 826. The van der Waals surface area contributed by atoms with Crippen molar-refractivity contribution >= 4 is 0 Å². The van der Waals surface area contributed by atoms with Crippen LogP contribution < -0.4 is 10.3 Å². The molecular weight excluding hydrogens is 276 g/mol. The first-order chi connectivity index (χ1) is 10.7. The standard InChI is InChI=1S/C18H16N2O2/c1-14-4-2-5-15(12-14)13-22-17-6-3-11-20(18(17)21)16-7-9-19-10-8-16/h2-12H,13H2,1H3. The van der Waals surface area contributed by atoms with Gasteiger partial charge < -0.3 is 4.74 Å². The van der Waals surface area contributed by atoms with Crippen LogP contribution in [0.25, 0.3) is 5.69 Å². The third-order valence-electron chi connectivity index (χ3n) is 3.33. The number of rotatable bonds is 4. The second-order valence-corrected chi connectivity index (χ2v) is 5.03. The maximum Gasteiger partial charge on any atom is 0.297 e. The Morgan fingerprint density at radius 3 is 2.68 bits per heavy atom. The van der Waals surface area contributed by atoms with E-state index in [1.54, 1.807) is 47.4 Å². The zero-order chi connectivity index (χ0) is 15.4. The Labute approximate surface area is 128 Å². The Morgan fingerprint density at radius 1 is 1.09 bits per heavy atom. The van der Waals surface area contributed by atoms with Crippen molar-refractivity contribution in [2.75, 3.05) is 0 Å². The average Bonchev–Trinajstić information content (AvgIpc) is 2.55. The van der Waals surface area contributed by atoms with Crippen LogP contribution in [0.15, 0.2) is 71.9 Å². The van der Waals surface area contributed by atoms with Crippen molar-refractivity contribution in [2.24, 2.45) is 0 Å². The summed E-state index contributed by atoms with van der Waals surface area (Å²) in [4.78, 5) is 16.4. The Morgan fingerprint density at radius 2 is 1.91 bits per heavy atom. The van der Waals surface area contributed by atoms with Crippen molar-refractivity contribution < 1.29 is 4.74 Å². The highest BCUT2D eigenvalue weighted by Crippen LogP contribution is 2.11. The summed E-state index contributed by atoms with van der Waals surface area (Å²) < 4.78 is 7.24. The molecular formula is C18H16N2O2. The molecule has 0 aliphatic rings. The summed E-state index contributed by atoms with van der Waals surface area (Å²) in [7, 11) is 0. The van der Waals surface area contributed by atoms with E-state index in [4.69, 9.17) is 4.74 Å². The summed E-state index contributed by atoms with van der Waals surface area (Å²) in [5.41, 5.74) is 2.80. The molecule has 1 aromatic carbocycles. The van der Waals surface area contributed by atoms with Crippen molar-refractivity contribution in [2.45, 2.75) is 13.5 Å². The highest BCUT2D eigenvalue weighted by atomic mass is 16.5. The van der Waals surface area contributed by atoms with Gasteiger partial charge in [-0.1, -0.05) is 29.8 Å². The SMILES string of the molecule is Cc1cccc(COc2cccn(-c3ccncc3)c2=O)c1. The quantitative estimate of drug-likeness (QED) is 0.742. The van der Waals surface area contributed by atoms with Crippen LogP contribution in [0.4, 0.5) is 0 Å². The fraction of sp³-hybridized carbons (Fsp3) is 0.111. The molecule has 4 nitrogen and oxygen atoms in total. The lowest BCUT2D eigenvalue weighted by molar-refractivity contribution is 0.300. The van der Waals surface area contributed by atoms with Crippen LogP contribution >= 0.6 is 0 Å². The van der Waals surface area contributed by atoms with Gasteiger partial charge in [-0.25, -0.2) is 0 Å². The minimum Gasteiger partial charge on any atom is -0.483 e. The van der Waals surface area contributed by atoms with E-state index in [2.05, 4.69) is 4.98 Å². The lowest BCUT2D eigenvalue weighted by Gasteiger charge is -2.09. The molecule has 0 N–H and O–H groups in total. The van der Waals surface area contributed by atoms with Gasteiger partial charge in [0, 0.05) is 18.6 Å². The van der Waals surface area contributed by atoms with E-state index < -0.39 is 0 Å². The van der Waals surface area contributed by atoms with Crippen LogP contribution in [0.1, 0.15) is 11.1 Å². The molecule has 0 unspecified atom stereocenters. The summed E-state index contributed by atoms with van der Waals surface area (Å²) in [5, 5.41) is 0. The lowest BCUT2D eigenvalue weighted by atomic mass is 10.1. The number of aryl methyl sites for hydroxylation is 1. The highest BCUT2D eigenvalue weighted by Gasteiger charge is 2.06. The molecule has 2 aromatic heterocycles. The third kappa shape index (κ3) is 3.06. The molecule has 0 saturated heterocycles. The molecule has 3 aromatic rings. The first kappa shape index (κ1) is 14.1. The summed E-state index contributed by atoms with van der Waals surface area (Å²) >= 11 is 0. The van der Waals surface area contributed by atoms with Gasteiger partial charge >= 0.3 is 0 Å². The van der Waals surface area contributed by atoms with Gasteiger partial charge in [-0.3, -0.25) is 14.3 Å². The Balaban J connectivity index is 1.85. The van der Waals surface area contributed by atoms with Crippen molar-refractivity contribution in [3.05, 3.63) is 88.6 Å². The Kier molecular flexibility index (Phi) is 4.01. The van der Waals surface area contributed by atoms with Gasteiger partial charge in [-0.2, -0.15) is 0 Å². The van der Waals surface area contributed by atoms with Gasteiger partial charge in [0.2, 0.25) is 0 Å². The van der Waals surface area contributed by atoms with Crippen LogP contribution in [0.3, 0.4) is 0 Å². The zero-order valence-electron chi connectivity index (χ0n) is 12.3. The number of pyridine rings is 2. The first-order valence-corrected chi connectivity index (χ1v) is 7.04. The summed E-state index contributed by atoms with van der Waals surface area (Å²) in [6.07, 6.45) is 5.03. The largest absolute Gasteiger partial charge is 0.483 e. The van der Waals surface area contributed by atoms with Gasteiger partial charge in [-0.15, -0.1) is 0 Å². The molecule has 0 aliphatic heterocycles. The number of aromatic nitrogens is 2. The van der Waals surface area contributed by atoms with Crippen molar-refractivity contribution in [3.63, 3.8) is 0 Å². The van der Waals surface area contributed by atoms with E-state index >= 15 is 0 Å². The molecule has 3 rings (SSSR count). The fourth-order valence-electron chi connectivity index (χ4n) is 2.26. The molecule has 0 bridgehead atoms. The smallest absolute Gasteiger partial charge is 0.297 e. The highest BCUT2D eigenvalue weighted by molar-refractivity contribution is 5.32. The first-order valence-electron chi connectivity index (χ1n) is 7.04. The molecule has 0 fully saturated rings. The van der Waals surface area contributed by atoms with E-state index in [1.165, 1.54) is 5.56 Å². The summed E-state index contributed by atoms with van der Waals surface area (Å²) in [6.45, 7) is 2.40. The molecule has 0 aliphatic carbocycles. The van der Waals surface area contributed by atoms with Crippen LogP contribution in [0, 0.1) is 6.92 Å². The molecule has 4 heteroatoms. The average molecular weight is 292 g/mol. The van der Waals surface area contributed by atoms with Crippen molar-refractivity contribution in [1.29, 1.82) is 0 Å². The van der Waals surface area contributed by atoms with Gasteiger partial charge in [0.05, 0.1) is 5.69 Å². The van der Waals surface area contributed by atoms with Crippen LogP contribution in [-0.4, -0.2) is 9.55 Å².